The highest BCUT2D eigenvalue weighted by molar-refractivity contribution is 7.71. The van der Waals surface area contributed by atoms with Crippen molar-refractivity contribution in [3.8, 4) is 11.4 Å². The third-order valence-electron chi connectivity index (χ3n) is 6.17. The SMILES string of the molecule is Cc1ccc(-c2n[nH]c(=S)n2CC(=O)N2CCC(n3c(=O)[nH]c4ccccc43)CC2)cc1. The van der Waals surface area contributed by atoms with Gasteiger partial charge in [-0.3, -0.25) is 19.0 Å². The molecular formula is C23H24N6O2S. The van der Waals surface area contributed by atoms with Crippen molar-refractivity contribution in [2.24, 2.45) is 0 Å². The number of para-hydroxylation sites is 2. The molecule has 0 saturated carbocycles. The van der Waals surface area contributed by atoms with E-state index in [1.165, 1.54) is 0 Å². The summed E-state index contributed by atoms with van der Waals surface area (Å²) >= 11 is 5.38. The van der Waals surface area contributed by atoms with Crippen molar-refractivity contribution >= 4 is 29.2 Å². The number of rotatable bonds is 4. The summed E-state index contributed by atoms with van der Waals surface area (Å²) in [6, 6.07) is 15.8. The van der Waals surface area contributed by atoms with Crippen LogP contribution in [-0.2, 0) is 11.3 Å². The van der Waals surface area contributed by atoms with Crippen LogP contribution >= 0.6 is 12.2 Å². The van der Waals surface area contributed by atoms with Gasteiger partial charge < -0.3 is 9.88 Å². The number of carbonyl (C=O) groups is 1. The van der Waals surface area contributed by atoms with E-state index in [9.17, 15) is 9.59 Å². The number of H-pyrrole nitrogens is 2. The molecule has 9 heteroatoms. The quantitative estimate of drug-likeness (QED) is 0.468. The highest BCUT2D eigenvalue weighted by atomic mass is 32.1. The molecule has 1 fully saturated rings. The molecule has 1 aliphatic heterocycles. The maximum atomic E-state index is 13.1. The molecule has 0 unspecified atom stereocenters. The molecule has 8 nitrogen and oxygen atoms in total. The standard InChI is InChI=1S/C23H24N6O2S/c1-15-6-8-16(9-7-15)21-25-26-23(32)28(21)14-20(30)27-12-10-17(11-13-27)29-19-5-3-2-4-18(19)24-22(29)31/h2-9,17H,10-14H2,1H3,(H,24,31)(H,26,32). The van der Waals surface area contributed by atoms with E-state index >= 15 is 0 Å². The van der Waals surface area contributed by atoms with Crippen molar-refractivity contribution in [2.45, 2.75) is 32.4 Å². The number of carbonyl (C=O) groups excluding carboxylic acids is 1. The molecule has 164 valence electrons. The summed E-state index contributed by atoms with van der Waals surface area (Å²) in [4.78, 5) is 30.3. The van der Waals surface area contributed by atoms with Crippen molar-refractivity contribution in [1.82, 2.24) is 29.2 Å². The summed E-state index contributed by atoms with van der Waals surface area (Å²) in [6.45, 7) is 3.36. The van der Waals surface area contributed by atoms with E-state index in [4.69, 9.17) is 12.2 Å². The lowest BCUT2D eigenvalue weighted by Gasteiger charge is -2.32. The fourth-order valence-electron chi connectivity index (χ4n) is 4.43. The molecule has 0 spiro atoms. The van der Waals surface area contributed by atoms with E-state index in [2.05, 4.69) is 15.2 Å². The molecule has 2 aromatic carbocycles. The summed E-state index contributed by atoms with van der Waals surface area (Å²) in [6.07, 6.45) is 1.46. The van der Waals surface area contributed by atoms with Crippen LogP contribution in [0.5, 0.6) is 0 Å². The van der Waals surface area contributed by atoms with Gasteiger partial charge in [0.05, 0.1) is 11.0 Å². The zero-order chi connectivity index (χ0) is 22.2. The predicted molar refractivity (Wildman–Crippen MR) is 125 cm³/mol. The average molecular weight is 449 g/mol. The summed E-state index contributed by atoms with van der Waals surface area (Å²) in [7, 11) is 0. The molecule has 1 saturated heterocycles. The number of fused-ring (bicyclic) bond motifs is 1. The third-order valence-corrected chi connectivity index (χ3v) is 6.48. The van der Waals surface area contributed by atoms with E-state index in [0.29, 0.717) is 23.7 Å². The lowest BCUT2D eigenvalue weighted by Crippen LogP contribution is -2.42. The van der Waals surface area contributed by atoms with Gasteiger partial charge in [-0.1, -0.05) is 42.0 Å². The molecule has 4 aromatic rings. The Labute approximate surface area is 189 Å². The summed E-state index contributed by atoms with van der Waals surface area (Å²) in [5.74, 6) is 0.657. The highest BCUT2D eigenvalue weighted by Gasteiger charge is 2.26. The topological polar surface area (TPSA) is 91.7 Å². The van der Waals surface area contributed by atoms with Crippen LogP contribution in [0.25, 0.3) is 22.4 Å². The molecule has 5 rings (SSSR count). The number of aromatic nitrogens is 5. The number of imidazole rings is 1. The van der Waals surface area contributed by atoms with Crippen LogP contribution in [0.15, 0.2) is 53.3 Å². The Morgan fingerprint density at radius 2 is 1.84 bits per heavy atom. The minimum absolute atomic E-state index is 0.000542. The Bertz CT molecular complexity index is 1390. The average Bonchev–Trinajstić information content (AvgIpc) is 3.33. The first-order valence-electron chi connectivity index (χ1n) is 10.7. The minimum Gasteiger partial charge on any atom is -0.341 e. The Morgan fingerprint density at radius 1 is 1.12 bits per heavy atom. The first-order valence-corrected chi connectivity index (χ1v) is 11.1. The number of hydrogen-bond donors (Lipinski definition) is 2. The molecule has 2 aromatic heterocycles. The van der Waals surface area contributed by atoms with E-state index in [1.54, 1.807) is 4.57 Å². The fourth-order valence-corrected chi connectivity index (χ4v) is 4.63. The molecule has 0 bridgehead atoms. The number of aryl methyl sites for hydroxylation is 1. The van der Waals surface area contributed by atoms with Gasteiger partial charge in [0.1, 0.15) is 6.54 Å². The molecule has 32 heavy (non-hydrogen) atoms. The van der Waals surface area contributed by atoms with Crippen molar-refractivity contribution in [2.75, 3.05) is 13.1 Å². The number of aromatic amines is 2. The number of hydrogen-bond acceptors (Lipinski definition) is 4. The van der Waals surface area contributed by atoms with Gasteiger partial charge in [0, 0.05) is 24.7 Å². The monoisotopic (exact) mass is 448 g/mol. The minimum atomic E-state index is -0.0941. The van der Waals surface area contributed by atoms with Gasteiger partial charge in [0.25, 0.3) is 0 Å². The van der Waals surface area contributed by atoms with Crippen molar-refractivity contribution in [3.05, 3.63) is 69.3 Å². The number of nitrogens with zero attached hydrogens (tertiary/aromatic N) is 4. The summed E-state index contributed by atoms with van der Waals surface area (Å²) in [5.41, 5.74) is 3.72. The molecule has 0 radical (unpaired) electrons. The van der Waals surface area contributed by atoms with E-state index < -0.39 is 0 Å². The van der Waals surface area contributed by atoms with Crippen LogP contribution in [0.1, 0.15) is 24.4 Å². The second-order valence-electron chi connectivity index (χ2n) is 8.23. The van der Waals surface area contributed by atoms with Crippen LogP contribution in [0.2, 0.25) is 0 Å². The zero-order valence-corrected chi connectivity index (χ0v) is 18.6. The van der Waals surface area contributed by atoms with Crippen LogP contribution in [0.4, 0.5) is 0 Å². The molecule has 1 aliphatic rings. The maximum Gasteiger partial charge on any atom is 0.326 e. The van der Waals surface area contributed by atoms with E-state index in [-0.39, 0.29) is 24.2 Å². The number of piperidine rings is 1. The second-order valence-corrected chi connectivity index (χ2v) is 8.62. The summed E-state index contributed by atoms with van der Waals surface area (Å²) in [5, 5.41) is 7.14. The van der Waals surface area contributed by atoms with Gasteiger partial charge in [-0.05, 0) is 44.1 Å². The second kappa shape index (κ2) is 8.23. The highest BCUT2D eigenvalue weighted by Crippen LogP contribution is 2.25. The Kier molecular flexibility index (Phi) is 5.26. The number of nitrogens with one attached hydrogen (secondary N) is 2. The first-order chi connectivity index (χ1) is 15.5. The molecule has 0 aliphatic carbocycles. The lowest BCUT2D eigenvalue weighted by atomic mass is 10.0. The van der Waals surface area contributed by atoms with E-state index in [1.807, 2.05) is 64.9 Å². The Balaban J connectivity index is 1.30. The maximum absolute atomic E-state index is 13.1. The number of amides is 1. The Morgan fingerprint density at radius 3 is 2.59 bits per heavy atom. The van der Waals surface area contributed by atoms with Gasteiger partial charge >= 0.3 is 5.69 Å². The van der Waals surface area contributed by atoms with Gasteiger partial charge in [0.2, 0.25) is 5.91 Å². The van der Waals surface area contributed by atoms with Crippen molar-refractivity contribution in [3.63, 3.8) is 0 Å². The van der Waals surface area contributed by atoms with Crippen LogP contribution < -0.4 is 5.69 Å². The predicted octanol–water partition coefficient (Wildman–Crippen LogP) is 3.42. The van der Waals surface area contributed by atoms with Crippen molar-refractivity contribution < 1.29 is 4.79 Å². The molecule has 0 atom stereocenters. The molecule has 1 amide bonds. The molecule has 2 N–H and O–H groups in total. The lowest BCUT2D eigenvalue weighted by molar-refractivity contribution is -0.133. The third kappa shape index (κ3) is 3.69. The Hall–Kier alpha value is -3.46. The molecule has 3 heterocycles. The van der Waals surface area contributed by atoms with E-state index in [0.717, 1.165) is 35.0 Å². The summed E-state index contributed by atoms with van der Waals surface area (Å²) < 4.78 is 4.01. The van der Waals surface area contributed by atoms with Crippen LogP contribution in [0, 0.1) is 11.7 Å². The van der Waals surface area contributed by atoms with Gasteiger partial charge in [-0.25, -0.2) is 4.79 Å². The number of likely N-dealkylation sites (tertiary alicyclic amines) is 1. The zero-order valence-electron chi connectivity index (χ0n) is 17.7. The van der Waals surface area contributed by atoms with Gasteiger partial charge in [-0.2, -0.15) is 5.10 Å². The smallest absolute Gasteiger partial charge is 0.326 e. The first kappa shape index (κ1) is 20.4. The molecular weight excluding hydrogens is 424 g/mol. The normalized spacial score (nSPS) is 14.8. The van der Waals surface area contributed by atoms with Crippen molar-refractivity contribution in [1.29, 1.82) is 0 Å². The van der Waals surface area contributed by atoms with Crippen LogP contribution in [-0.4, -0.2) is 48.2 Å². The fraction of sp³-hybridized carbons (Fsp3) is 0.304. The van der Waals surface area contributed by atoms with Crippen LogP contribution in [0.3, 0.4) is 0 Å². The van der Waals surface area contributed by atoms with Gasteiger partial charge in [-0.15, -0.1) is 0 Å². The van der Waals surface area contributed by atoms with Gasteiger partial charge in [0.15, 0.2) is 10.6 Å². The number of benzene rings is 2. The largest absolute Gasteiger partial charge is 0.341 e.